The maximum Gasteiger partial charge on any atom is 0.0783 e. The Bertz CT molecular complexity index is 899. The standard InChI is InChI=1S/C25H31N/c1-16(2)11-20-7-8-21(12-17(3)4)24-23(20)9-10-26-25(24)22-14-18(5)13-19(6)15-22/h7-10,13-17H,11-12H2,1-6H3. The monoisotopic (exact) mass is 345 g/mol. The van der Waals surface area contributed by atoms with Crippen molar-refractivity contribution in [1.29, 1.82) is 0 Å². The van der Waals surface area contributed by atoms with E-state index in [-0.39, 0.29) is 0 Å². The summed E-state index contributed by atoms with van der Waals surface area (Å²) in [6, 6.07) is 13.7. The first-order valence-corrected chi connectivity index (χ1v) is 9.83. The lowest BCUT2D eigenvalue weighted by Gasteiger charge is -2.17. The minimum atomic E-state index is 0.626. The molecule has 0 saturated heterocycles. The number of fused-ring (bicyclic) bond motifs is 1. The summed E-state index contributed by atoms with van der Waals surface area (Å²) in [5.41, 5.74) is 7.82. The highest BCUT2D eigenvalue weighted by atomic mass is 14.7. The predicted octanol–water partition coefficient (Wildman–Crippen LogP) is 6.92. The fourth-order valence-electron chi connectivity index (χ4n) is 3.99. The number of aryl methyl sites for hydroxylation is 2. The van der Waals surface area contributed by atoms with Crippen molar-refractivity contribution in [1.82, 2.24) is 4.98 Å². The van der Waals surface area contributed by atoms with Gasteiger partial charge in [-0.15, -0.1) is 0 Å². The SMILES string of the molecule is Cc1cc(C)cc(-c2nccc3c(CC(C)C)ccc(CC(C)C)c23)c1. The van der Waals surface area contributed by atoms with Gasteiger partial charge >= 0.3 is 0 Å². The first-order chi connectivity index (χ1) is 12.3. The highest BCUT2D eigenvalue weighted by molar-refractivity contribution is 5.99. The molecule has 0 N–H and O–H groups in total. The summed E-state index contributed by atoms with van der Waals surface area (Å²) in [5, 5.41) is 2.73. The van der Waals surface area contributed by atoms with Gasteiger partial charge in [0.05, 0.1) is 5.69 Å². The minimum absolute atomic E-state index is 0.626. The molecule has 0 spiro atoms. The third kappa shape index (κ3) is 3.98. The van der Waals surface area contributed by atoms with Crippen LogP contribution in [0.5, 0.6) is 0 Å². The van der Waals surface area contributed by atoms with Crippen LogP contribution in [0.25, 0.3) is 22.0 Å². The molecule has 1 nitrogen and oxygen atoms in total. The zero-order valence-corrected chi connectivity index (χ0v) is 17.1. The van der Waals surface area contributed by atoms with E-state index >= 15 is 0 Å². The Hall–Kier alpha value is -2.15. The van der Waals surface area contributed by atoms with Crippen LogP contribution < -0.4 is 0 Å². The fraction of sp³-hybridized carbons (Fsp3) is 0.400. The largest absolute Gasteiger partial charge is 0.256 e. The van der Waals surface area contributed by atoms with Crippen LogP contribution in [0, 0.1) is 25.7 Å². The predicted molar refractivity (Wildman–Crippen MR) is 114 cm³/mol. The topological polar surface area (TPSA) is 12.9 Å². The van der Waals surface area contributed by atoms with E-state index in [2.05, 4.69) is 77.9 Å². The van der Waals surface area contributed by atoms with Crippen LogP contribution in [0.3, 0.4) is 0 Å². The second kappa shape index (κ2) is 7.61. The van der Waals surface area contributed by atoms with E-state index in [0.717, 1.165) is 18.5 Å². The molecule has 0 amide bonds. The molecule has 0 aliphatic heterocycles. The van der Waals surface area contributed by atoms with Crippen molar-refractivity contribution in [2.45, 2.75) is 54.4 Å². The second-order valence-corrected chi connectivity index (χ2v) is 8.54. The highest BCUT2D eigenvalue weighted by Crippen LogP contribution is 2.34. The molecule has 0 aliphatic carbocycles. The lowest BCUT2D eigenvalue weighted by Crippen LogP contribution is -2.02. The first kappa shape index (κ1) is 18.6. The molecule has 1 heteroatoms. The van der Waals surface area contributed by atoms with E-state index in [1.807, 2.05) is 6.20 Å². The van der Waals surface area contributed by atoms with Crippen LogP contribution >= 0.6 is 0 Å². The van der Waals surface area contributed by atoms with Crippen LogP contribution in [0.1, 0.15) is 49.9 Å². The number of benzene rings is 2. The maximum absolute atomic E-state index is 4.85. The van der Waals surface area contributed by atoms with Crippen LogP contribution in [-0.4, -0.2) is 4.98 Å². The van der Waals surface area contributed by atoms with Gasteiger partial charge in [0.15, 0.2) is 0 Å². The molecule has 3 rings (SSSR count). The molecule has 0 radical (unpaired) electrons. The van der Waals surface area contributed by atoms with Gasteiger partial charge in [-0.2, -0.15) is 0 Å². The lowest BCUT2D eigenvalue weighted by molar-refractivity contribution is 0.644. The van der Waals surface area contributed by atoms with Gasteiger partial charge in [0.1, 0.15) is 0 Å². The third-order valence-electron chi connectivity index (χ3n) is 4.86. The molecule has 0 bridgehead atoms. The number of hydrogen-bond acceptors (Lipinski definition) is 1. The van der Waals surface area contributed by atoms with Gasteiger partial charge in [0, 0.05) is 17.1 Å². The minimum Gasteiger partial charge on any atom is -0.256 e. The van der Waals surface area contributed by atoms with Gasteiger partial charge < -0.3 is 0 Å². The Morgan fingerprint density at radius 2 is 1.35 bits per heavy atom. The van der Waals surface area contributed by atoms with Crippen LogP contribution in [0.2, 0.25) is 0 Å². The van der Waals surface area contributed by atoms with E-state index in [4.69, 9.17) is 4.98 Å². The van der Waals surface area contributed by atoms with Crippen molar-refractivity contribution in [3.8, 4) is 11.3 Å². The molecule has 0 unspecified atom stereocenters. The first-order valence-electron chi connectivity index (χ1n) is 9.83. The lowest BCUT2D eigenvalue weighted by atomic mass is 9.89. The Morgan fingerprint density at radius 1 is 0.769 bits per heavy atom. The van der Waals surface area contributed by atoms with Gasteiger partial charge in [0.2, 0.25) is 0 Å². The smallest absolute Gasteiger partial charge is 0.0783 e. The molecule has 2 aromatic carbocycles. The van der Waals surface area contributed by atoms with Crippen molar-refractivity contribution >= 4 is 10.8 Å². The van der Waals surface area contributed by atoms with Gasteiger partial charge in [-0.1, -0.05) is 57.0 Å². The molecule has 136 valence electrons. The summed E-state index contributed by atoms with van der Waals surface area (Å²) in [7, 11) is 0. The quantitative estimate of drug-likeness (QED) is 0.489. The number of aromatic nitrogens is 1. The molecule has 0 aliphatic rings. The number of nitrogens with zero attached hydrogens (tertiary/aromatic N) is 1. The molecule has 1 heterocycles. The number of pyridine rings is 1. The second-order valence-electron chi connectivity index (χ2n) is 8.54. The summed E-state index contributed by atoms with van der Waals surface area (Å²) >= 11 is 0. The molecular formula is C25H31N. The van der Waals surface area contributed by atoms with E-state index in [9.17, 15) is 0 Å². The fourth-order valence-corrected chi connectivity index (χ4v) is 3.99. The van der Waals surface area contributed by atoms with E-state index < -0.39 is 0 Å². The van der Waals surface area contributed by atoms with E-state index in [1.54, 1.807) is 0 Å². The number of rotatable bonds is 5. The van der Waals surface area contributed by atoms with Crippen molar-refractivity contribution in [2.24, 2.45) is 11.8 Å². The molecule has 0 fully saturated rings. The average Bonchev–Trinajstić information content (AvgIpc) is 2.55. The van der Waals surface area contributed by atoms with Gasteiger partial charge in [-0.3, -0.25) is 4.98 Å². The summed E-state index contributed by atoms with van der Waals surface area (Å²) in [4.78, 5) is 4.85. The van der Waals surface area contributed by atoms with E-state index in [0.29, 0.717) is 11.8 Å². The molecular weight excluding hydrogens is 314 g/mol. The molecule has 0 saturated carbocycles. The summed E-state index contributed by atoms with van der Waals surface area (Å²) in [5.74, 6) is 1.27. The third-order valence-corrected chi connectivity index (χ3v) is 4.86. The molecule has 1 aromatic heterocycles. The zero-order chi connectivity index (χ0) is 18.8. The number of hydrogen-bond donors (Lipinski definition) is 0. The normalized spacial score (nSPS) is 11.7. The molecule has 3 aromatic rings. The van der Waals surface area contributed by atoms with Crippen LogP contribution in [0.15, 0.2) is 42.6 Å². The Kier molecular flexibility index (Phi) is 5.46. The molecule has 26 heavy (non-hydrogen) atoms. The average molecular weight is 346 g/mol. The van der Waals surface area contributed by atoms with Crippen LogP contribution in [0.4, 0.5) is 0 Å². The highest BCUT2D eigenvalue weighted by Gasteiger charge is 2.15. The van der Waals surface area contributed by atoms with E-state index in [1.165, 1.54) is 38.6 Å². The zero-order valence-electron chi connectivity index (χ0n) is 17.1. The van der Waals surface area contributed by atoms with Crippen molar-refractivity contribution in [3.05, 3.63) is 64.8 Å². The van der Waals surface area contributed by atoms with Crippen molar-refractivity contribution < 1.29 is 0 Å². The maximum atomic E-state index is 4.85. The van der Waals surface area contributed by atoms with Gasteiger partial charge in [-0.05, 0) is 73.2 Å². The summed E-state index contributed by atoms with van der Waals surface area (Å²) < 4.78 is 0. The van der Waals surface area contributed by atoms with Gasteiger partial charge in [-0.25, -0.2) is 0 Å². The Balaban J connectivity index is 2.31. The van der Waals surface area contributed by atoms with Crippen molar-refractivity contribution in [2.75, 3.05) is 0 Å². The molecule has 0 atom stereocenters. The summed E-state index contributed by atoms with van der Waals surface area (Å²) in [6.45, 7) is 13.5. The Labute approximate surface area is 158 Å². The van der Waals surface area contributed by atoms with Crippen LogP contribution in [-0.2, 0) is 12.8 Å². The Morgan fingerprint density at radius 3 is 1.96 bits per heavy atom. The van der Waals surface area contributed by atoms with Crippen molar-refractivity contribution in [3.63, 3.8) is 0 Å². The van der Waals surface area contributed by atoms with Gasteiger partial charge in [0.25, 0.3) is 0 Å². The summed E-state index contributed by atoms with van der Waals surface area (Å²) in [6.07, 6.45) is 4.18.